The number of rotatable bonds is 6. The van der Waals surface area contributed by atoms with E-state index < -0.39 is 5.97 Å². The van der Waals surface area contributed by atoms with Crippen molar-refractivity contribution in [1.82, 2.24) is 4.90 Å². The zero-order chi connectivity index (χ0) is 14.4. The van der Waals surface area contributed by atoms with E-state index in [0.29, 0.717) is 10.6 Å². The molecule has 0 aliphatic carbocycles. The summed E-state index contributed by atoms with van der Waals surface area (Å²) >= 11 is 1.21. The van der Waals surface area contributed by atoms with Crippen LogP contribution in [0.15, 0.2) is 11.4 Å². The van der Waals surface area contributed by atoms with Gasteiger partial charge in [-0.1, -0.05) is 12.8 Å². The molecule has 0 radical (unpaired) electrons. The predicted molar refractivity (Wildman–Crippen MR) is 80.9 cm³/mol. The number of thiophene rings is 1. The Hall–Kier alpha value is -1.07. The number of hydrogen-bond donors (Lipinski definition) is 1. The van der Waals surface area contributed by atoms with Gasteiger partial charge in [0.25, 0.3) is 0 Å². The Labute approximate surface area is 124 Å². The van der Waals surface area contributed by atoms with E-state index in [1.165, 1.54) is 50.1 Å². The van der Waals surface area contributed by atoms with Crippen LogP contribution in [0.3, 0.4) is 0 Å². The lowest BCUT2D eigenvalue weighted by Gasteiger charge is -2.22. The Kier molecular flexibility index (Phi) is 5.86. The van der Waals surface area contributed by atoms with Gasteiger partial charge in [-0.2, -0.15) is 0 Å². The number of ether oxygens (including phenoxy) is 1. The minimum Gasteiger partial charge on any atom is -0.489 e. The molecule has 0 amide bonds. The van der Waals surface area contributed by atoms with Gasteiger partial charge >= 0.3 is 5.97 Å². The monoisotopic (exact) mass is 297 g/mol. The van der Waals surface area contributed by atoms with Crippen molar-refractivity contribution in [3.8, 4) is 5.75 Å². The van der Waals surface area contributed by atoms with E-state index in [9.17, 15) is 4.79 Å². The highest BCUT2D eigenvalue weighted by molar-refractivity contribution is 7.12. The normalized spacial score (nSPS) is 18.4. The molecular weight excluding hydrogens is 274 g/mol. The average Bonchev–Trinajstić information content (AvgIpc) is 2.72. The first kappa shape index (κ1) is 15.3. The molecule has 2 rings (SSSR count). The van der Waals surface area contributed by atoms with Crippen LogP contribution in [-0.4, -0.2) is 41.7 Å². The van der Waals surface area contributed by atoms with Crippen molar-refractivity contribution in [3.05, 3.63) is 16.3 Å². The quantitative estimate of drug-likeness (QED) is 0.873. The number of carboxylic acid groups (broad SMARTS) is 1. The molecule has 1 aliphatic rings. The molecule has 1 unspecified atom stereocenters. The third-order valence-corrected chi connectivity index (χ3v) is 4.59. The number of aromatic carboxylic acids is 1. The van der Waals surface area contributed by atoms with Crippen LogP contribution in [0.1, 0.15) is 48.7 Å². The van der Waals surface area contributed by atoms with E-state index in [0.717, 1.165) is 13.0 Å². The Bertz CT molecular complexity index is 425. The lowest BCUT2D eigenvalue weighted by molar-refractivity contribution is 0.0695. The molecule has 2 heterocycles. The molecule has 1 aliphatic heterocycles. The largest absolute Gasteiger partial charge is 0.489 e. The third-order valence-electron chi connectivity index (χ3n) is 3.70. The van der Waals surface area contributed by atoms with Gasteiger partial charge in [0, 0.05) is 6.54 Å². The van der Waals surface area contributed by atoms with Crippen molar-refractivity contribution in [2.24, 2.45) is 0 Å². The summed E-state index contributed by atoms with van der Waals surface area (Å²) < 4.78 is 5.77. The first-order chi connectivity index (χ1) is 9.66. The SMILES string of the molecule is CC(CCN1CCCCCC1)Oc1ccsc1C(=O)O. The van der Waals surface area contributed by atoms with Crippen molar-refractivity contribution >= 4 is 17.3 Å². The second-order valence-electron chi connectivity index (χ2n) is 5.39. The molecule has 0 bridgehead atoms. The van der Waals surface area contributed by atoms with Crippen molar-refractivity contribution in [2.75, 3.05) is 19.6 Å². The van der Waals surface area contributed by atoms with Crippen molar-refractivity contribution in [2.45, 2.75) is 45.1 Å². The number of nitrogens with zero attached hydrogens (tertiary/aromatic N) is 1. The molecule has 4 nitrogen and oxygen atoms in total. The van der Waals surface area contributed by atoms with Gasteiger partial charge in [0.05, 0.1) is 6.10 Å². The van der Waals surface area contributed by atoms with Gasteiger partial charge in [-0.3, -0.25) is 0 Å². The number of carbonyl (C=O) groups is 1. The maximum absolute atomic E-state index is 11.0. The van der Waals surface area contributed by atoms with E-state index in [4.69, 9.17) is 9.84 Å². The predicted octanol–water partition coefficient (Wildman–Crippen LogP) is 3.48. The number of carboxylic acids is 1. The number of likely N-dealkylation sites (tertiary alicyclic amines) is 1. The van der Waals surface area contributed by atoms with Gasteiger partial charge in [0.15, 0.2) is 4.88 Å². The second-order valence-corrected chi connectivity index (χ2v) is 6.31. The summed E-state index contributed by atoms with van der Waals surface area (Å²) in [7, 11) is 0. The van der Waals surface area contributed by atoms with E-state index >= 15 is 0 Å². The van der Waals surface area contributed by atoms with Crippen LogP contribution >= 0.6 is 11.3 Å². The van der Waals surface area contributed by atoms with E-state index in [1.54, 1.807) is 11.4 Å². The van der Waals surface area contributed by atoms with Crippen molar-refractivity contribution < 1.29 is 14.6 Å². The van der Waals surface area contributed by atoms with Gasteiger partial charge < -0.3 is 14.7 Å². The van der Waals surface area contributed by atoms with Crippen LogP contribution < -0.4 is 4.74 Å². The minimum absolute atomic E-state index is 0.0472. The summed E-state index contributed by atoms with van der Waals surface area (Å²) in [5.41, 5.74) is 0. The Morgan fingerprint density at radius 1 is 1.40 bits per heavy atom. The molecule has 1 saturated heterocycles. The lowest BCUT2D eigenvalue weighted by Crippen LogP contribution is -2.29. The first-order valence-corrected chi connectivity index (χ1v) is 8.24. The highest BCUT2D eigenvalue weighted by atomic mass is 32.1. The van der Waals surface area contributed by atoms with Crippen molar-refractivity contribution in [3.63, 3.8) is 0 Å². The first-order valence-electron chi connectivity index (χ1n) is 7.36. The zero-order valence-electron chi connectivity index (χ0n) is 12.0. The molecule has 5 heteroatoms. The fourth-order valence-corrected chi connectivity index (χ4v) is 3.21. The van der Waals surface area contributed by atoms with Crippen LogP contribution in [0.2, 0.25) is 0 Å². The van der Waals surface area contributed by atoms with Gasteiger partial charge in [0.1, 0.15) is 5.75 Å². The molecule has 0 aromatic carbocycles. The van der Waals surface area contributed by atoms with Crippen LogP contribution in [0.25, 0.3) is 0 Å². The van der Waals surface area contributed by atoms with Crippen LogP contribution in [0.4, 0.5) is 0 Å². The summed E-state index contributed by atoms with van der Waals surface area (Å²) in [6.45, 7) is 5.42. The molecule has 112 valence electrons. The summed E-state index contributed by atoms with van der Waals surface area (Å²) in [6, 6.07) is 1.75. The van der Waals surface area contributed by atoms with Gasteiger partial charge in [-0.05, 0) is 50.7 Å². The molecular formula is C15H23NO3S. The highest BCUT2D eigenvalue weighted by Gasteiger charge is 2.16. The topological polar surface area (TPSA) is 49.8 Å². The van der Waals surface area contributed by atoms with Crippen LogP contribution in [0.5, 0.6) is 5.75 Å². The Morgan fingerprint density at radius 2 is 2.10 bits per heavy atom. The molecule has 1 atom stereocenters. The molecule has 1 fully saturated rings. The number of hydrogen-bond acceptors (Lipinski definition) is 4. The Morgan fingerprint density at radius 3 is 2.75 bits per heavy atom. The van der Waals surface area contributed by atoms with Gasteiger partial charge in [-0.25, -0.2) is 4.79 Å². The highest BCUT2D eigenvalue weighted by Crippen LogP contribution is 2.26. The molecule has 1 aromatic rings. The van der Waals surface area contributed by atoms with Crippen molar-refractivity contribution in [1.29, 1.82) is 0 Å². The molecule has 1 aromatic heterocycles. The standard InChI is InChI=1S/C15H23NO3S/c1-12(6-10-16-8-4-2-3-5-9-16)19-13-7-11-20-14(13)15(17)18/h7,11-12H,2-6,8-10H2,1H3,(H,17,18). The molecule has 0 saturated carbocycles. The van der Waals surface area contributed by atoms with E-state index in [1.807, 2.05) is 6.92 Å². The van der Waals surface area contributed by atoms with Crippen LogP contribution in [-0.2, 0) is 0 Å². The van der Waals surface area contributed by atoms with Crippen LogP contribution in [0, 0.1) is 0 Å². The summed E-state index contributed by atoms with van der Waals surface area (Å²) in [4.78, 5) is 13.8. The maximum atomic E-state index is 11.0. The minimum atomic E-state index is -0.908. The summed E-state index contributed by atoms with van der Waals surface area (Å²) in [6.07, 6.45) is 6.27. The fraction of sp³-hybridized carbons (Fsp3) is 0.667. The average molecular weight is 297 g/mol. The van der Waals surface area contributed by atoms with E-state index in [2.05, 4.69) is 4.90 Å². The third kappa shape index (κ3) is 4.49. The lowest BCUT2D eigenvalue weighted by atomic mass is 10.2. The zero-order valence-corrected chi connectivity index (χ0v) is 12.8. The van der Waals surface area contributed by atoms with Gasteiger partial charge in [0.2, 0.25) is 0 Å². The van der Waals surface area contributed by atoms with Gasteiger partial charge in [-0.15, -0.1) is 11.3 Å². The fourth-order valence-electron chi connectivity index (χ4n) is 2.55. The maximum Gasteiger partial charge on any atom is 0.349 e. The van der Waals surface area contributed by atoms with E-state index in [-0.39, 0.29) is 6.10 Å². The molecule has 0 spiro atoms. The second kappa shape index (κ2) is 7.64. The smallest absolute Gasteiger partial charge is 0.349 e. The molecule has 1 N–H and O–H groups in total. The summed E-state index contributed by atoms with van der Waals surface area (Å²) in [5.74, 6) is -0.402. The Balaban J connectivity index is 1.78. The molecule has 20 heavy (non-hydrogen) atoms. The summed E-state index contributed by atoms with van der Waals surface area (Å²) in [5, 5.41) is 10.8.